The molecule has 1 aromatic carbocycles. The van der Waals surface area contributed by atoms with Crippen molar-refractivity contribution in [3.8, 4) is 0 Å². The second kappa shape index (κ2) is 7.33. The number of pyridine rings is 1. The highest BCUT2D eigenvalue weighted by Crippen LogP contribution is 2.30. The summed E-state index contributed by atoms with van der Waals surface area (Å²) in [6.45, 7) is 0.911. The maximum absolute atomic E-state index is 12.8. The molecule has 1 atom stereocenters. The molecule has 1 aliphatic heterocycles. The number of rotatable bonds is 3. The molecule has 0 radical (unpaired) electrons. The van der Waals surface area contributed by atoms with Gasteiger partial charge in [-0.3, -0.25) is 4.79 Å². The molecule has 8 heteroatoms. The number of halogens is 3. The quantitative estimate of drug-likeness (QED) is 0.619. The number of hydrogen-bond acceptors (Lipinski definition) is 3. The third-order valence-corrected chi connectivity index (χ3v) is 4.17. The van der Waals surface area contributed by atoms with Crippen LogP contribution in [0.2, 0.25) is 0 Å². The Morgan fingerprint density at radius 3 is 2.85 bits per heavy atom. The molecule has 2 heterocycles. The molecule has 1 saturated heterocycles. The van der Waals surface area contributed by atoms with E-state index in [1.54, 1.807) is 17.0 Å². The molecule has 1 amide bonds. The zero-order chi connectivity index (χ0) is 18.7. The van der Waals surface area contributed by atoms with Crippen molar-refractivity contribution in [3.63, 3.8) is 0 Å². The lowest BCUT2D eigenvalue weighted by Gasteiger charge is -2.33. The molecule has 0 spiro atoms. The highest BCUT2D eigenvalue weighted by Gasteiger charge is 2.31. The lowest BCUT2D eigenvalue weighted by molar-refractivity contribution is -0.605. The van der Waals surface area contributed by atoms with Gasteiger partial charge in [0.05, 0.1) is 18.3 Å². The number of alkyl halides is 3. The van der Waals surface area contributed by atoms with E-state index in [0.29, 0.717) is 23.4 Å². The summed E-state index contributed by atoms with van der Waals surface area (Å²) in [6.07, 6.45) is -2.05. The van der Waals surface area contributed by atoms with Crippen LogP contribution in [0.3, 0.4) is 0 Å². The Kier molecular flexibility index (Phi) is 5.13. The number of morpholine rings is 1. The average Bonchev–Trinajstić information content (AvgIpc) is 2.61. The van der Waals surface area contributed by atoms with Gasteiger partial charge in [-0.05, 0) is 17.7 Å². The zero-order valence-corrected chi connectivity index (χ0v) is 13.8. The van der Waals surface area contributed by atoms with Crippen LogP contribution in [-0.2, 0) is 17.3 Å². The second-order valence-corrected chi connectivity index (χ2v) is 6.10. The summed E-state index contributed by atoms with van der Waals surface area (Å²) < 4.78 is 44.6. The Balaban J connectivity index is 1.68. The fraction of sp³-hybridized carbons (Fsp3) is 0.333. The van der Waals surface area contributed by atoms with E-state index < -0.39 is 17.8 Å². The fourth-order valence-electron chi connectivity index (χ4n) is 2.93. The predicted octanol–water partition coefficient (Wildman–Crippen LogP) is 2.42. The molecule has 0 N–H and O–H groups in total. The molecule has 138 valence electrons. The lowest BCUT2D eigenvalue weighted by atomic mass is 10.0. The van der Waals surface area contributed by atoms with Gasteiger partial charge in [-0.1, -0.05) is 18.2 Å². The Bertz CT molecular complexity index is 795. The van der Waals surface area contributed by atoms with E-state index >= 15 is 0 Å². The Hall–Kier alpha value is -2.61. The van der Waals surface area contributed by atoms with Gasteiger partial charge in [0.2, 0.25) is 0 Å². The predicted molar refractivity (Wildman–Crippen MR) is 86.2 cm³/mol. The van der Waals surface area contributed by atoms with Crippen molar-refractivity contribution in [1.82, 2.24) is 4.90 Å². The Labute approximate surface area is 148 Å². The first-order valence-corrected chi connectivity index (χ1v) is 8.09. The summed E-state index contributed by atoms with van der Waals surface area (Å²) in [4.78, 5) is 14.1. The van der Waals surface area contributed by atoms with Crippen LogP contribution < -0.4 is 4.73 Å². The maximum Gasteiger partial charge on any atom is 0.416 e. The van der Waals surface area contributed by atoms with Gasteiger partial charge in [-0.25, -0.2) is 0 Å². The first-order chi connectivity index (χ1) is 12.3. The average molecular weight is 366 g/mol. The van der Waals surface area contributed by atoms with E-state index in [-0.39, 0.29) is 24.4 Å². The summed E-state index contributed by atoms with van der Waals surface area (Å²) in [6, 6.07) is 8.13. The van der Waals surface area contributed by atoms with Gasteiger partial charge in [0, 0.05) is 25.6 Å². The number of carbonyl (C=O) groups excluding carboxylic acids is 1. The number of hydrogen-bond donors (Lipinski definition) is 0. The molecule has 3 rings (SSSR count). The molecule has 26 heavy (non-hydrogen) atoms. The molecular formula is C18H17F3N2O3. The first kappa shape index (κ1) is 18.2. The van der Waals surface area contributed by atoms with Crippen molar-refractivity contribution in [2.24, 2.45) is 0 Å². The molecular weight excluding hydrogens is 349 g/mol. The minimum Gasteiger partial charge on any atom is -0.619 e. The SMILES string of the molecule is O=C(c1ccc[n+]([O-])c1)N1CCO[C@H](Cc2cccc(C(F)(F)F)c2)C1. The number of nitrogens with zero attached hydrogens (tertiary/aromatic N) is 2. The third kappa shape index (κ3) is 4.32. The maximum atomic E-state index is 12.8. The highest BCUT2D eigenvalue weighted by atomic mass is 19.4. The Morgan fingerprint density at radius 1 is 1.31 bits per heavy atom. The number of benzene rings is 1. The standard InChI is InChI=1S/C18H17F3N2O3/c19-18(20,21)15-5-1-3-13(9-15)10-16-12-22(7-8-26-16)17(24)14-4-2-6-23(25)11-14/h1-6,9,11,16H,7-8,10,12H2/t16-/m1/s1. The number of amides is 1. The Morgan fingerprint density at radius 2 is 2.12 bits per heavy atom. The number of carbonyl (C=O) groups is 1. The third-order valence-electron chi connectivity index (χ3n) is 4.17. The summed E-state index contributed by atoms with van der Waals surface area (Å²) in [5.74, 6) is -0.299. The summed E-state index contributed by atoms with van der Waals surface area (Å²) in [7, 11) is 0. The van der Waals surface area contributed by atoms with Crippen LogP contribution in [0.1, 0.15) is 21.5 Å². The second-order valence-electron chi connectivity index (χ2n) is 6.10. The van der Waals surface area contributed by atoms with Gasteiger partial charge in [0.15, 0.2) is 12.4 Å². The molecule has 0 aliphatic carbocycles. The van der Waals surface area contributed by atoms with E-state index in [0.717, 1.165) is 12.1 Å². The molecule has 1 aliphatic rings. The zero-order valence-electron chi connectivity index (χ0n) is 13.8. The van der Waals surface area contributed by atoms with Crippen LogP contribution >= 0.6 is 0 Å². The van der Waals surface area contributed by atoms with E-state index in [9.17, 15) is 23.2 Å². The van der Waals surface area contributed by atoms with Crippen LogP contribution in [0, 0.1) is 5.21 Å². The molecule has 0 unspecified atom stereocenters. The normalized spacial score (nSPS) is 18.0. The van der Waals surface area contributed by atoms with Gasteiger partial charge in [-0.2, -0.15) is 17.9 Å². The van der Waals surface area contributed by atoms with Crippen molar-refractivity contribution in [2.75, 3.05) is 19.7 Å². The van der Waals surface area contributed by atoms with Crippen molar-refractivity contribution >= 4 is 5.91 Å². The molecule has 5 nitrogen and oxygen atoms in total. The topological polar surface area (TPSA) is 56.5 Å². The molecule has 1 aromatic heterocycles. The van der Waals surface area contributed by atoms with E-state index in [2.05, 4.69) is 0 Å². The minimum atomic E-state index is -4.40. The largest absolute Gasteiger partial charge is 0.619 e. The van der Waals surface area contributed by atoms with Gasteiger partial charge in [0.1, 0.15) is 5.56 Å². The van der Waals surface area contributed by atoms with Gasteiger partial charge >= 0.3 is 6.18 Å². The van der Waals surface area contributed by atoms with Crippen LogP contribution in [0.5, 0.6) is 0 Å². The smallest absolute Gasteiger partial charge is 0.416 e. The van der Waals surface area contributed by atoms with Gasteiger partial charge < -0.3 is 14.8 Å². The van der Waals surface area contributed by atoms with Crippen LogP contribution in [0.15, 0.2) is 48.8 Å². The van der Waals surface area contributed by atoms with Gasteiger partial charge in [-0.15, -0.1) is 0 Å². The number of aromatic nitrogens is 1. The first-order valence-electron chi connectivity index (χ1n) is 8.09. The summed E-state index contributed by atoms with van der Waals surface area (Å²) in [5, 5.41) is 11.3. The van der Waals surface area contributed by atoms with E-state index in [4.69, 9.17) is 4.74 Å². The fourth-order valence-corrected chi connectivity index (χ4v) is 2.93. The van der Waals surface area contributed by atoms with Crippen LogP contribution in [-0.4, -0.2) is 36.6 Å². The van der Waals surface area contributed by atoms with Crippen LogP contribution in [0.25, 0.3) is 0 Å². The number of ether oxygens (including phenoxy) is 1. The minimum absolute atomic E-state index is 0.253. The molecule has 0 saturated carbocycles. The molecule has 1 fully saturated rings. The monoisotopic (exact) mass is 366 g/mol. The molecule has 0 bridgehead atoms. The van der Waals surface area contributed by atoms with Crippen molar-refractivity contribution < 1.29 is 27.4 Å². The lowest BCUT2D eigenvalue weighted by Crippen LogP contribution is -2.46. The highest BCUT2D eigenvalue weighted by molar-refractivity contribution is 5.93. The van der Waals surface area contributed by atoms with Gasteiger partial charge in [0.25, 0.3) is 5.91 Å². The van der Waals surface area contributed by atoms with Crippen LogP contribution in [0.4, 0.5) is 13.2 Å². The van der Waals surface area contributed by atoms with E-state index in [1.165, 1.54) is 24.5 Å². The van der Waals surface area contributed by atoms with Crippen molar-refractivity contribution in [2.45, 2.75) is 18.7 Å². The summed E-state index contributed by atoms with van der Waals surface area (Å²) in [5.41, 5.74) is 0.0569. The van der Waals surface area contributed by atoms with E-state index in [1.807, 2.05) is 0 Å². The summed E-state index contributed by atoms with van der Waals surface area (Å²) >= 11 is 0. The van der Waals surface area contributed by atoms with Crippen molar-refractivity contribution in [3.05, 3.63) is 70.7 Å². The van der Waals surface area contributed by atoms with Crippen molar-refractivity contribution in [1.29, 1.82) is 0 Å². The molecule has 2 aromatic rings.